The summed E-state index contributed by atoms with van der Waals surface area (Å²) in [6, 6.07) is 8.46. The first-order valence-electron chi connectivity index (χ1n) is 13.3. The van der Waals surface area contributed by atoms with Crippen LogP contribution < -0.4 is 20.9 Å². The number of nitrogens with two attached hydrogens (primary N) is 1. The summed E-state index contributed by atoms with van der Waals surface area (Å²) in [7, 11) is 0. The predicted octanol–water partition coefficient (Wildman–Crippen LogP) is 1.41. The van der Waals surface area contributed by atoms with Crippen LogP contribution in [0.25, 0.3) is 11.3 Å². The lowest BCUT2D eigenvalue weighted by Crippen LogP contribution is -2.46. The number of nitrogens with zero attached hydrogens (tertiary/aromatic N) is 7. The van der Waals surface area contributed by atoms with Crippen LogP contribution in [0.15, 0.2) is 36.7 Å². The molecule has 1 aromatic carbocycles. The minimum Gasteiger partial charge on any atom is -0.378 e. The van der Waals surface area contributed by atoms with Gasteiger partial charge in [-0.05, 0) is 30.5 Å². The molecule has 11 nitrogen and oxygen atoms in total. The van der Waals surface area contributed by atoms with E-state index in [9.17, 15) is 4.79 Å². The van der Waals surface area contributed by atoms with Gasteiger partial charge in [0.1, 0.15) is 5.82 Å². The van der Waals surface area contributed by atoms with Crippen LogP contribution >= 0.6 is 0 Å². The second kappa shape index (κ2) is 10.9. The number of morpholine rings is 1. The number of ether oxygens (including phenoxy) is 1. The van der Waals surface area contributed by atoms with Gasteiger partial charge >= 0.3 is 0 Å². The average molecular weight is 516 g/mol. The molecular formula is C27H33N9O2. The van der Waals surface area contributed by atoms with Gasteiger partial charge in [-0.1, -0.05) is 12.1 Å². The molecule has 0 radical (unpaired) electrons. The Morgan fingerprint density at radius 1 is 1.03 bits per heavy atom. The second-order valence-corrected chi connectivity index (χ2v) is 9.81. The Hall–Kier alpha value is -3.83. The van der Waals surface area contributed by atoms with Crippen molar-refractivity contribution in [3.05, 3.63) is 47.8 Å². The highest BCUT2D eigenvalue weighted by molar-refractivity contribution is 5.78. The van der Waals surface area contributed by atoms with Crippen LogP contribution in [0.5, 0.6) is 0 Å². The predicted molar refractivity (Wildman–Crippen MR) is 145 cm³/mol. The van der Waals surface area contributed by atoms with E-state index in [0.29, 0.717) is 32.0 Å². The van der Waals surface area contributed by atoms with Gasteiger partial charge in [0.25, 0.3) is 0 Å². The van der Waals surface area contributed by atoms with E-state index < -0.39 is 0 Å². The summed E-state index contributed by atoms with van der Waals surface area (Å²) in [6.45, 7) is 6.90. The highest BCUT2D eigenvalue weighted by atomic mass is 16.5. The molecular weight excluding hydrogens is 482 g/mol. The summed E-state index contributed by atoms with van der Waals surface area (Å²) in [6.07, 6.45) is 5.50. The van der Waals surface area contributed by atoms with Crippen LogP contribution in [-0.4, -0.2) is 89.8 Å². The van der Waals surface area contributed by atoms with Crippen LogP contribution in [0.1, 0.15) is 17.5 Å². The number of hydrogen-bond acceptors (Lipinski definition) is 10. The van der Waals surface area contributed by atoms with E-state index in [1.54, 1.807) is 12.4 Å². The van der Waals surface area contributed by atoms with Gasteiger partial charge < -0.3 is 30.5 Å². The molecule has 3 aliphatic rings. The highest BCUT2D eigenvalue weighted by Gasteiger charge is 2.29. The summed E-state index contributed by atoms with van der Waals surface area (Å²) in [5.74, 6) is 2.05. The van der Waals surface area contributed by atoms with Gasteiger partial charge in [0.2, 0.25) is 17.8 Å². The van der Waals surface area contributed by atoms with Crippen molar-refractivity contribution in [3.63, 3.8) is 0 Å². The number of nitrogens with one attached hydrogen (secondary N) is 1. The molecule has 0 spiro atoms. The maximum Gasteiger partial charge on any atom is 0.228 e. The van der Waals surface area contributed by atoms with Gasteiger partial charge in [0.05, 0.1) is 18.9 Å². The first kappa shape index (κ1) is 24.5. The van der Waals surface area contributed by atoms with Gasteiger partial charge in [0, 0.05) is 81.4 Å². The van der Waals surface area contributed by atoms with Crippen molar-refractivity contribution in [2.45, 2.75) is 19.3 Å². The van der Waals surface area contributed by atoms with Crippen molar-refractivity contribution in [2.75, 3.05) is 74.6 Å². The SMILES string of the molecule is Nc1ncc(-c2nc(N3CCOCC3)nc3c2CCN3c2cccc(CCC(=O)N3CCNCC3)c2)cn1. The molecule has 0 bridgehead atoms. The number of carbonyl (C=O) groups excluding carboxylic acids is 1. The molecule has 0 unspecified atom stereocenters. The van der Waals surface area contributed by atoms with E-state index in [0.717, 1.165) is 86.1 Å². The van der Waals surface area contributed by atoms with Gasteiger partial charge in [-0.3, -0.25) is 4.79 Å². The topological polar surface area (TPSA) is 126 Å². The second-order valence-electron chi connectivity index (χ2n) is 9.81. The Bertz CT molecular complexity index is 1290. The Balaban J connectivity index is 1.29. The van der Waals surface area contributed by atoms with Crippen molar-refractivity contribution in [3.8, 4) is 11.3 Å². The normalized spacial score (nSPS) is 17.5. The number of carbonyl (C=O) groups is 1. The van der Waals surface area contributed by atoms with E-state index in [1.807, 2.05) is 4.90 Å². The lowest BCUT2D eigenvalue weighted by molar-refractivity contribution is -0.131. The average Bonchev–Trinajstić information content (AvgIpc) is 3.41. The van der Waals surface area contributed by atoms with Gasteiger partial charge in [-0.15, -0.1) is 0 Å². The van der Waals surface area contributed by atoms with Crippen molar-refractivity contribution in [1.29, 1.82) is 0 Å². The number of amides is 1. The van der Waals surface area contributed by atoms with Gasteiger partial charge in [-0.2, -0.15) is 4.98 Å². The summed E-state index contributed by atoms with van der Waals surface area (Å²) in [4.78, 5) is 37.5. The number of hydrogen-bond donors (Lipinski definition) is 2. The minimum absolute atomic E-state index is 0.224. The third-order valence-corrected chi connectivity index (χ3v) is 7.37. The van der Waals surface area contributed by atoms with Crippen molar-refractivity contribution in [2.24, 2.45) is 0 Å². The molecule has 38 heavy (non-hydrogen) atoms. The molecule has 3 aliphatic heterocycles. The number of benzene rings is 1. The number of aryl methyl sites for hydroxylation is 1. The zero-order valence-corrected chi connectivity index (χ0v) is 21.5. The molecule has 198 valence electrons. The fourth-order valence-corrected chi connectivity index (χ4v) is 5.30. The number of piperazine rings is 1. The zero-order chi connectivity index (χ0) is 25.9. The van der Waals surface area contributed by atoms with Gasteiger partial charge in [-0.25, -0.2) is 15.0 Å². The molecule has 2 fully saturated rings. The molecule has 2 aromatic heterocycles. The van der Waals surface area contributed by atoms with E-state index >= 15 is 0 Å². The molecule has 11 heteroatoms. The molecule has 3 N–H and O–H groups in total. The third kappa shape index (κ3) is 5.11. The van der Waals surface area contributed by atoms with Crippen LogP contribution in [0, 0.1) is 0 Å². The Morgan fingerprint density at radius 3 is 2.61 bits per heavy atom. The summed E-state index contributed by atoms with van der Waals surface area (Å²) < 4.78 is 5.55. The largest absolute Gasteiger partial charge is 0.378 e. The molecule has 5 heterocycles. The number of aromatic nitrogens is 4. The minimum atomic E-state index is 0.224. The zero-order valence-electron chi connectivity index (χ0n) is 21.5. The van der Waals surface area contributed by atoms with Crippen LogP contribution in [0.2, 0.25) is 0 Å². The third-order valence-electron chi connectivity index (χ3n) is 7.37. The summed E-state index contributed by atoms with van der Waals surface area (Å²) in [5.41, 5.74) is 10.7. The van der Waals surface area contributed by atoms with Crippen LogP contribution in [-0.2, 0) is 22.4 Å². The monoisotopic (exact) mass is 515 g/mol. The Labute approximate surface area is 222 Å². The van der Waals surface area contributed by atoms with E-state index in [1.165, 1.54) is 0 Å². The summed E-state index contributed by atoms with van der Waals surface area (Å²) >= 11 is 0. The maximum atomic E-state index is 12.7. The smallest absolute Gasteiger partial charge is 0.228 e. The molecule has 0 aliphatic carbocycles. The molecule has 0 atom stereocenters. The molecule has 0 saturated carbocycles. The highest BCUT2D eigenvalue weighted by Crippen LogP contribution is 2.39. The molecule has 6 rings (SSSR count). The van der Waals surface area contributed by atoms with Crippen molar-refractivity contribution < 1.29 is 9.53 Å². The standard InChI is InChI=1S/C27H33N9O2/c28-26-30-17-20(18-31-26)24-22-6-9-36(25(22)33-27(32-24)35-12-14-38-15-13-35)21-3-1-2-19(16-21)4-5-23(37)34-10-7-29-8-11-34/h1-3,16-18,29H,4-15H2,(H2,28,30,31). The molecule has 3 aromatic rings. The van der Waals surface area contributed by atoms with E-state index in [2.05, 4.69) is 49.4 Å². The number of fused-ring (bicyclic) bond motifs is 1. The molecule has 1 amide bonds. The fraction of sp³-hybridized carbons (Fsp3) is 0.444. The van der Waals surface area contributed by atoms with Gasteiger partial charge in [0.15, 0.2) is 0 Å². The number of rotatable bonds is 6. The van der Waals surface area contributed by atoms with Crippen molar-refractivity contribution in [1.82, 2.24) is 30.2 Å². The number of nitrogen functional groups attached to an aromatic ring is 1. The van der Waals surface area contributed by atoms with Crippen LogP contribution in [0.4, 0.5) is 23.4 Å². The Kier molecular flexibility index (Phi) is 7.02. The maximum absolute atomic E-state index is 12.7. The lowest BCUT2D eigenvalue weighted by Gasteiger charge is -2.28. The first-order chi connectivity index (χ1) is 18.7. The number of anilines is 4. The van der Waals surface area contributed by atoms with E-state index in [-0.39, 0.29) is 11.9 Å². The van der Waals surface area contributed by atoms with Crippen LogP contribution in [0.3, 0.4) is 0 Å². The quantitative estimate of drug-likeness (QED) is 0.498. The fourth-order valence-electron chi connectivity index (χ4n) is 5.30. The molecule has 2 saturated heterocycles. The lowest BCUT2D eigenvalue weighted by atomic mass is 10.1. The summed E-state index contributed by atoms with van der Waals surface area (Å²) in [5, 5.41) is 3.30. The van der Waals surface area contributed by atoms with E-state index in [4.69, 9.17) is 20.4 Å². The Morgan fingerprint density at radius 2 is 1.82 bits per heavy atom. The first-order valence-corrected chi connectivity index (χ1v) is 13.3. The van der Waals surface area contributed by atoms with Crippen molar-refractivity contribution >= 4 is 29.3 Å².